The molecule has 0 radical (unpaired) electrons. The van der Waals surface area contributed by atoms with E-state index < -0.39 is 0 Å². The van der Waals surface area contributed by atoms with Gasteiger partial charge in [0.05, 0.1) is 7.11 Å². The minimum Gasteiger partial charge on any atom is -0.497 e. The maximum Gasteiger partial charge on any atom is 0.163 e. The number of methoxy groups -OCH3 is 1. The van der Waals surface area contributed by atoms with Crippen LogP contribution in [-0.2, 0) is 0 Å². The monoisotopic (exact) mass is 247 g/mol. The molecule has 0 aromatic heterocycles. The first-order valence-corrected chi connectivity index (χ1v) is 6.47. The Hall–Kier alpha value is -1.35. The van der Waals surface area contributed by atoms with Crippen molar-refractivity contribution in [3.05, 3.63) is 29.3 Å². The van der Waals surface area contributed by atoms with Crippen molar-refractivity contribution in [2.45, 2.75) is 25.2 Å². The molecule has 18 heavy (non-hydrogen) atoms. The van der Waals surface area contributed by atoms with Gasteiger partial charge >= 0.3 is 0 Å². The Morgan fingerprint density at radius 3 is 2.83 bits per heavy atom. The molecule has 1 aliphatic carbocycles. The van der Waals surface area contributed by atoms with Gasteiger partial charge in [0.15, 0.2) is 5.78 Å². The molecule has 0 spiro atoms. The summed E-state index contributed by atoms with van der Waals surface area (Å²) in [5.41, 5.74) is 2.07. The summed E-state index contributed by atoms with van der Waals surface area (Å²) in [6.07, 6.45) is 2.74. The van der Waals surface area contributed by atoms with Gasteiger partial charge in [-0.05, 0) is 63.2 Å². The van der Waals surface area contributed by atoms with Gasteiger partial charge in [0.2, 0.25) is 0 Å². The number of Topliss-reactive ketones (excluding diaryl/α,β-unsaturated/α-hetero) is 1. The summed E-state index contributed by atoms with van der Waals surface area (Å²) in [5, 5.41) is 0. The second-order valence-electron chi connectivity index (χ2n) is 5.20. The van der Waals surface area contributed by atoms with Crippen LogP contribution in [0.2, 0.25) is 0 Å². The van der Waals surface area contributed by atoms with Crippen LogP contribution in [0.4, 0.5) is 0 Å². The van der Waals surface area contributed by atoms with Crippen LogP contribution in [0, 0.1) is 0 Å². The van der Waals surface area contributed by atoms with E-state index in [1.54, 1.807) is 7.11 Å². The lowest BCUT2D eigenvalue weighted by Crippen LogP contribution is -2.21. The minimum absolute atomic E-state index is 0.272. The summed E-state index contributed by atoms with van der Waals surface area (Å²) in [6.45, 7) is 1.05. The predicted molar refractivity (Wildman–Crippen MR) is 72.5 cm³/mol. The normalized spacial score (nSPS) is 18.9. The minimum atomic E-state index is 0.272. The molecule has 0 N–H and O–H groups in total. The fourth-order valence-corrected chi connectivity index (χ4v) is 2.57. The molecule has 1 atom stereocenters. The van der Waals surface area contributed by atoms with E-state index in [1.165, 1.54) is 5.56 Å². The molecule has 0 aliphatic heterocycles. The summed E-state index contributed by atoms with van der Waals surface area (Å²) in [6, 6.07) is 5.83. The molecule has 1 aromatic carbocycles. The van der Waals surface area contributed by atoms with Gasteiger partial charge in [-0.25, -0.2) is 0 Å². The number of fused-ring (bicyclic) bond motifs is 1. The zero-order valence-electron chi connectivity index (χ0n) is 11.4. The van der Waals surface area contributed by atoms with Crippen molar-refractivity contribution in [2.75, 3.05) is 27.7 Å². The Morgan fingerprint density at radius 2 is 2.17 bits per heavy atom. The Morgan fingerprint density at radius 1 is 1.39 bits per heavy atom. The SMILES string of the molecule is COc1ccc2c(c1)[C@@H](CCN(C)C)CCC2=O. The third kappa shape index (κ3) is 2.72. The zero-order valence-corrected chi connectivity index (χ0v) is 11.4. The first kappa shape index (κ1) is 13.1. The number of benzene rings is 1. The van der Waals surface area contributed by atoms with Gasteiger partial charge in [-0.2, -0.15) is 0 Å². The average Bonchev–Trinajstić information content (AvgIpc) is 2.37. The van der Waals surface area contributed by atoms with Crippen LogP contribution in [0.5, 0.6) is 5.75 Å². The molecular formula is C15H21NO2. The smallest absolute Gasteiger partial charge is 0.163 e. The van der Waals surface area contributed by atoms with Crippen LogP contribution in [0.15, 0.2) is 18.2 Å². The molecule has 3 nitrogen and oxygen atoms in total. The van der Waals surface area contributed by atoms with Gasteiger partial charge in [-0.1, -0.05) is 0 Å². The maximum atomic E-state index is 11.9. The van der Waals surface area contributed by atoms with Gasteiger partial charge in [0, 0.05) is 12.0 Å². The van der Waals surface area contributed by atoms with E-state index in [2.05, 4.69) is 19.0 Å². The predicted octanol–water partition coefficient (Wildman–Crippen LogP) is 2.71. The number of rotatable bonds is 4. The topological polar surface area (TPSA) is 29.5 Å². The van der Waals surface area contributed by atoms with Gasteiger partial charge in [0.25, 0.3) is 0 Å². The van der Waals surface area contributed by atoms with Crippen molar-refractivity contribution < 1.29 is 9.53 Å². The van der Waals surface area contributed by atoms with E-state index in [0.29, 0.717) is 12.3 Å². The molecule has 0 amide bonds. The quantitative estimate of drug-likeness (QED) is 0.819. The highest BCUT2D eigenvalue weighted by Crippen LogP contribution is 2.36. The van der Waals surface area contributed by atoms with Gasteiger partial charge in [-0.3, -0.25) is 4.79 Å². The summed E-state index contributed by atoms with van der Waals surface area (Å²) in [7, 11) is 5.84. The lowest BCUT2D eigenvalue weighted by molar-refractivity contribution is 0.0965. The molecule has 1 aliphatic rings. The van der Waals surface area contributed by atoms with Gasteiger partial charge < -0.3 is 9.64 Å². The Kier molecular flexibility index (Phi) is 4.02. The molecule has 1 aromatic rings. The third-order valence-corrected chi connectivity index (χ3v) is 3.64. The third-order valence-electron chi connectivity index (χ3n) is 3.64. The van der Waals surface area contributed by atoms with E-state index in [0.717, 1.165) is 30.7 Å². The van der Waals surface area contributed by atoms with Crippen molar-refractivity contribution in [2.24, 2.45) is 0 Å². The summed E-state index contributed by atoms with van der Waals surface area (Å²) in [5.74, 6) is 1.60. The second-order valence-corrected chi connectivity index (χ2v) is 5.20. The molecule has 0 saturated heterocycles. The molecule has 0 bridgehead atoms. The summed E-state index contributed by atoms with van der Waals surface area (Å²) < 4.78 is 5.27. The molecule has 0 fully saturated rings. The highest BCUT2D eigenvalue weighted by atomic mass is 16.5. The van der Waals surface area contributed by atoms with E-state index in [-0.39, 0.29) is 5.78 Å². The molecular weight excluding hydrogens is 226 g/mol. The fraction of sp³-hybridized carbons (Fsp3) is 0.533. The maximum absolute atomic E-state index is 11.9. The fourth-order valence-electron chi connectivity index (χ4n) is 2.57. The lowest BCUT2D eigenvalue weighted by atomic mass is 9.80. The van der Waals surface area contributed by atoms with Gasteiger partial charge in [0.1, 0.15) is 5.75 Å². The molecule has 0 saturated carbocycles. The first-order valence-electron chi connectivity index (χ1n) is 6.47. The van der Waals surface area contributed by atoms with Crippen molar-refractivity contribution in [1.29, 1.82) is 0 Å². The van der Waals surface area contributed by atoms with Crippen molar-refractivity contribution in [3.63, 3.8) is 0 Å². The van der Waals surface area contributed by atoms with Crippen molar-refractivity contribution in [1.82, 2.24) is 4.90 Å². The lowest BCUT2D eigenvalue weighted by Gasteiger charge is -2.26. The Balaban J connectivity index is 2.26. The summed E-state index contributed by atoms with van der Waals surface area (Å²) >= 11 is 0. The largest absolute Gasteiger partial charge is 0.497 e. The Labute approximate surface area is 109 Å². The average molecular weight is 247 g/mol. The number of carbonyl (C=O) groups is 1. The molecule has 3 heteroatoms. The first-order chi connectivity index (χ1) is 8.61. The number of carbonyl (C=O) groups excluding carboxylic acids is 1. The van der Waals surface area contributed by atoms with E-state index in [4.69, 9.17) is 4.74 Å². The number of ketones is 1. The molecule has 0 unspecified atom stereocenters. The number of hydrogen-bond donors (Lipinski definition) is 0. The van der Waals surface area contributed by atoms with Crippen LogP contribution in [-0.4, -0.2) is 38.4 Å². The highest BCUT2D eigenvalue weighted by Gasteiger charge is 2.25. The van der Waals surface area contributed by atoms with E-state index >= 15 is 0 Å². The van der Waals surface area contributed by atoms with Crippen molar-refractivity contribution >= 4 is 5.78 Å². The molecule has 98 valence electrons. The van der Waals surface area contributed by atoms with Gasteiger partial charge in [-0.15, -0.1) is 0 Å². The van der Waals surface area contributed by atoms with Crippen LogP contribution in [0.3, 0.4) is 0 Å². The number of hydrogen-bond acceptors (Lipinski definition) is 3. The van der Waals surface area contributed by atoms with E-state index in [1.807, 2.05) is 18.2 Å². The zero-order chi connectivity index (χ0) is 13.1. The van der Waals surface area contributed by atoms with Crippen molar-refractivity contribution in [3.8, 4) is 5.75 Å². The van der Waals surface area contributed by atoms with Crippen LogP contribution < -0.4 is 4.74 Å². The molecule has 0 heterocycles. The van der Waals surface area contributed by atoms with Crippen LogP contribution in [0.1, 0.15) is 41.1 Å². The second kappa shape index (κ2) is 5.53. The van der Waals surface area contributed by atoms with Crippen LogP contribution in [0.25, 0.3) is 0 Å². The Bertz CT molecular complexity index is 440. The summed E-state index contributed by atoms with van der Waals surface area (Å²) in [4.78, 5) is 14.1. The number of nitrogens with zero attached hydrogens (tertiary/aromatic N) is 1. The standard InChI is InChI=1S/C15H21NO2/c1-16(2)9-8-11-4-7-15(17)13-6-5-12(18-3)10-14(11)13/h5-6,10-11H,4,7-9H2,1-3H3/t11-/m1/s1. The van der Waals surface area contributed by atoms with Crippen LogP contribution >= 0.6 is 0 Å². The highest BCUT2D eigenvalue weighted by molar-refractivity contribution is 5.98. The molecule has 2 rings (SSSR count). The number of ether oxygens (including phenoxy) is 1. The van der Waals surface area contributed by atoms with E-state index in [9.17, 15) is 4.79 Å².